The minimum Gasteiger partial charge on any atom is -0.480 e. The van der Waals surface area contributed by atoms with Gasteiger partial charge in [-0.2, -0.15) is 0 Å². The number of rotatable bonds is 8. The molecule has 15 heavy (non-hydrogen) atoms. The molecule has 4 heteroatoms. The first-order valence-electron chi connectivity index (χ1n) is 5.70. The molecule has 0 saturated carbocycles. The van der Waals surface area contributed by atoms with E-state index in [4.69, 9.17) is 5.11 Å². The van der Waals surface area contributed by atoms with E-state index in [1.807, 2.05) is 6.92 Å². The predicted octanol–water partition coefficient (Wildman–Crippen LogP) is 1.17. The SMILES string of the molecule is CCNC(C)(CCN(CC)CC)C(=O)O. The van der Waals surface area contributed by atoms with E-state index in [1.54, 1.807) is 6.92 Å². The summed E-state index contributed by atoms with van der Waals surface area (Å²) in [5.74, 6) is -0.767. The molecule has 1 unspecified atom stereocenters. The topological polar surface area (TPSA) is 52.6 Å². The molecule has 0 aliphatic rings. The lowest BCUT2D eigenvalue weighted by Crippen LogP contribution is -2.51. The van der Waals surface area contributed by atoms with Crippen LogP contribution in [0.5, 0.6) is 0 Å². The van der Waals surface area contributed by atoms with E-state index >= 15 is 0 Å². The fourth-order valence-electron chi connectivity index (χ4n) is 1.58. The average molecular weight is 216 g/mol. The van der Waals surface area contributed by atoms with Gasteiger partial charge in [0.25, 0.3) is 0 Å². The van der Waals surface area contributed by atoms with Crippen LogP contribution in [0.15, 0.2) is 0 Å². The third-order valence-corrected chi connectivity index (χ3v) is 2.86. The maximum atomic E-state index is 11.1. The van der Waals surface area contributed by atoms with Crippen LogP contribution in [-0.2, 0) is 4.79 Å². The van der Waals surface area contributed by atoms with Gasteiger partial charge in [-0.05, 0) is 33.0 Å². The number of carboxylic acid groups (broad SMARTS) is 1. The maximum absolute atomic E-state index is 11.1. The van der Waals surface area contributed by atoms with E-state index in [1.165, 1.54) is 0 Å². The Kier molecular flexibility index (Phi) is 6.52. The van der Waals surface area contributed by atoms with Crippen molar-refractivity contribution < 1.29 is 9.90 Å². The van der Waals surface area contributed by atoms with Gasteiger partial charge in [-0.3, -0.25) is 4.79 Å². The van der Waals surface area contributed by atoms with Crippen LogP contribution in [0.4, 0.5) is 0 Å². The fraction of sp³-hybridized carbons (Fsp3) is 0.909. The zero-order valence-electron chi connectivity index (χ0n) is 10.3. The van der Waals surface area contributed by atoms with Crippen LogP contribution in [0.1, 0.15) is 34.1 Å². The first-order chi connectivity index (χ1) is 7.00. The molecular weight excluding hydrogens is 192 g/mol. The first-order valence-corrected chi connectivity index (χ1v) is 5.70. The summed E-state index contributed by atoms with van der Waals surface area (Å²) in [4.78, 5) is 13.4. The molecule has 0 aliphatic carbocycles. The maximum Gasteiger partial charge on any atom is 0.323 e. The second-order valence-electron chi connectivity index (χ2n) is 3.94. The normalized spacial score (nSPS) is 15.3. The summed E-state index contributed by atoms with van der Waals surface area (Å²) in [5, 5.41) is 12.2. The summed E-state index contributed by atoms with van der Waals surface area (Å²) in [6.45, 7) is 11.3. The Morgan fingerprint density at radius 1 is 1.33 bits per heavy atom. The van der Waals surface area contributed by atoms with E-state index < -0.39 is 11.5 Å². The van der Waals surface area contributed by atoms with Crippen molar-refractivity contribution >= 4 is 5.97 Å². The van der Waals surface area contributed by atoms with Crippen molar-refractivity contribution in [1.29, 1.82) is 0 Å². The minimum atomic E-state index is -0.794. The Balaban J connectivity index is 4.23. The summed E-state index contributed by atoms with van der Waals surface area (Å²) in [5.41, 5.74) is -0.794. The van der Waals surface area contributed by atoms with Gasteiger partial charge in [0.2, 0.25) is 0 Å². The predicted molar refractivity (Wildman–Crippen MR) is 62.1 cm³/mol. The highest BCUT2D eigenvalue weighted by Crippen LogP contribution is 2.10. The van der Waals surface area contributed by atoms with Gasteiger partial charge < -0.3 is 15.3 Å². The molecule has 0 aromatic heterocycles. The van der Waals surface area contributed by atoms with Crippen LogP contribution in [-0.4, -0.2) is 47.7 Å². The van der Waals surface area contributed by atoms with E-state index in [2.05, 4.69) is 24.1 Å². The second-order valence-corrected chi connectivity index (χ2v) is 3.94. The molecule has 0 radical (unpaired) electrons. The Hall–Kier alpha value is -0.610. The Labute approximate surface area is 92.7 Å². The molecule has 0 heterocycles. The van der Waals surface area contributed by atoms with Gasteiger partial charge in [0.1, 0.15) is 5.54 Å². The molecule has 0 saturated heterocycles. The zero-order chi connectivity index (χ0) is 11.9. The Morgan fingerprint density at radius 3 is 2.20 bits per heavy atom. The lowest BCUT2D eigenvalue weighted by Gasteiger charge is -2.28. The van der Waals surface area contributed by atoms with Crippen molar-refractivity contribution in [3.05, 3.63) is 0 Å². The number of carbonyl (C=O) groups is 1. The molecular formula is C11H24N2O2. The number of nitrogens with zero attached hydrogens (tertiary/aromatic N) is 1. The van der Waals surface area contributed by atoms with Gasteiger partial charge in [-0.1, -0.05) is 20.8 Å². The zero-order valence-corrected chi connectivity index (χ0v) is 10.3. The van der Waals surface area contributed by atoms with Crippen LogP contribution in [0.25, 0.3) is 0 Å². The molecule has 0 rings (SSSR count). The van der Waals surface area contributed by atoms with Gasteiger partial charge in [-0.25, -0.2) is 0 Å². The molecule has 0 aliphatic heterocycles. The van der Waals surface area contributed by atoms with Crippen molar-refractivity contribution in [1.82, 2.24) is 10.2 Å². The van der Waals surface area contributed by atoms with Crippen LogP contribution in [0.3, 0.4) is 0 Å². The quantitative estimate of drug-likeness (QED) is 0.639. The fourth-order valence-corrected chi connectivity index (χ4v) is 1.58. The Bertz CT molecular complexity index is 193. The van der Waals surface area contributed by atoms with E-state index in [0.717, 1.165) is 19.6 Å². The van der Waals surface area contributed by atoms with Gasteiger partial charge in [0.15, 0.2) is 0 Å². The highest BCUT2D eigenvalue weighted by Gasteiger charge is 2.31. The number of nitrogens with one attached hydrogen (secondary N) is 1. The molecule has 1 atom stereocenters. The molecule has 0 amide bonds. The third-order valence-electron chi connectivity index (χ3n) is 2.86. The highest BCUT2D eigenvalue weighted by atomic mass is 16.4. The lowest BCUT2D eigenvalue weighted by molar-refractivity contribution is -0.144. The van der Waals surface area contributed by atoms with E-state index in [0.29, 0.717) is 13.0 Å². The first kappa shape index (κ1) is 14.4. The Morgan fingerprint density at radius 2 is 1.87 bits per heavy atom. The monoisotopic (exact) mass is 216 g/mol. The van der Waals surface area contributed by atoms with E-state index in [-0.39, 0.29) is 0 Å². The standard InChI is InChI=1S/C11H24N2O2/c1-5-12-11(4,10(14)15)8-9-13(6-2)7-3/h12H,5-9H2,1-4H3,(H,14,15). The van der Waals surface area contributed by atoms with Crippen LogP contribution < -0.4 is 5.32 Å². The van der Waals surface area contributed by atoms with Crippen molar-refractivity contribution in [2.45, 2.75) is 39.7 Å². The van der Waals surface area contributed by atoms with Crippen LogP contribution in [0.2, 0.25) is 0 Å². The van der Waals surface area contributed by atoms with Gasteiger partial charge in [0.05, 0.1) is 0 Å². The van der Waals surface area contributed by atoms with Crippen molar-refractivity contribution in [3.63, 3.8) is 0 Å². The third kappa shape index (κ3) is 4.62. The molecule has 4 nitrogen and oxygen atoms in total. The number of hydrogen-bond acceptors (Lipinski definition) is 3. The second kappa shape index (κ2) is 6.80. The molecule has 0 aromatic rings. The summed E-state index contributed by atoms with van der Waals surface area (Å²) in [6.07, 6.45) is 0.637. The summed E-state index contributed by atoms with van der Waals surface area (Å²) < 4.78 is 0. The lowest BCUT2D eigenvalue weighted by atomic mass is 9.97. The molecule has 2 N–H and O–H groups in total. The summed E-state index contributed by atoms with van der Waals surface area (Å²) >= 11 is 0. The molecule has 0 spiro atoms. The summed E-state index contributed by atoms with van der Waals surface area (Å²) in [6, 6.07) is 0. The van der Waals surface area contributed by atoms with Gasteiger partial charge in [0, 0.05) is 6.54 Å². The minimum absolute atomic E-state index is 0.637. The van der Waals surface area contributed by atoms with Crippen LogP contribution in [0, 0.1) is 0 Å². The largest absolute Gasteiger partial charge is 0.480 e. The molecule has 90 valence electrons. The van der Waals surface area contributed by atoms with Crippen molar-refractivity contribution in [2.75, 3.05) is 26.2 Å². The van der Waals surface area contributed by atoms with Gasteiger partial charge >= 0.3 is 5.97 Å². The number of carboxylic acids is 1. The summed E-state index contributed by atoms with van der Waals surface area (Å²) in [7, 11) is 0. The van der Waals surface area contributed by atoms with Crippen molar-refractivity contribution in [2.24, 2.45) is 0 Å². The van der Waals surface area contributed by atoms with Crippen molar-refractivity contribution in [3.8, 4) is 0 Å². The number of hydrogen-bond donors (Lipinski definition) is 2. The molecule has 0 fully saturated rings. The number of aliphatic carboxylic acids is 1. The average Bonchev–Trinajstić information content (AvgIpc) is 2.19. The smallest absolute Gasteiger partial charge is 0.323 e. The highest BCUT2D eigenvalue weighted by molar-refractivity contribution is 5.78. The van der Waals surface area contributed by atoms with Crippen LogP contribution >= 0.6 is 0 Å². The van der Waals surface area contributed by atoms with Gasteiger partial charge in [-0.15, -0.1) is 0 Å². The molecule has 0 bridgehead atoms. The van der Waals surface area contributed by atoms with E-state index in [9.17, 15) is 4.79 Å². The molecule has 0 aromatic carbocycles. The number of likely N-dealkylation sites (N-methyl/N-ethyl adjacent to an activating group) is 1.